The van der Waals surface area contributed by atoms with Crippen molar-refractivity contribution in [1.29, 1.82) is 0 Å². The molecule has 0 aromatic rings. The molecule has 1 nitrogen and oxygen atoms in total. The Hall–Kier alpha value is 1.21. The summed E-state index contributed by atoms with van der Waals surface area (Å²) in [6, 6.07) is 0. The molecule has 0 aliphatic carbocycles. The second kappa shape index (κ2) is 5.35. The summed E-state index contributed by atoms with van der Waals surface area (Å²) in [4.78, 5) is 0. The molecule has 7 heavy (non-hydrogen) atoms. The van der Waals surface area contributed by atoms with Gasteiger partial charge in [-0.25, -0.2) is 0 Å². The van der Waals surface area contributed by atoms with E-state index in [2.05, 4.69) is 49.8 Å². The van der Waals surface area contributed by atoms with E-state index in [0.717, 1.165) is 18.9 Å². The van der Waals surface area contributed by atoms with Crippen molar-refractivity contribution < 1.29 is 37.4 Å². The van der Waals surface area contributed by atoms with Gasteiger partial charge in [-0.3, -0.25) is 0 Å². The van der Waals surface area contributed by atoms with Crippen molar-refractivity contribution in [3.8, 4) is 0 Å². The van der Waals surface area contributed by atoms with E-state index in [4.69, 9.17) is 1.50 Å². The minimum absolute atomic E-state index is 0.764. The molecular weight excluding hydrogens is 243 g/mol. The van der Waals surface area contributed by atoms with E-state index in [0.29, 0.717) is 0 Å². The van der Waals surface area contributed by atoms with E-state index in [-0.39, 0.29) is 0 Å². The molecule has 0 N–H and O–H groups in total. The fourth-order valence-electron chi connectivity index (χ4n) is 0.270. The van der Waals surface area contributed by atoms with Gasteiger partial charge >= 0.3 is 70.2 Å². The fraction of sp³-hybridized carbons (Fsp3) is 1.00. The SMILES string of the molecule is CC(C)CC[O][Er]. The first-order chi connectivity index (χ1) is 3.27. The first-order valence-electron chi connectivity index (χ1n) is 2.47. The molecule has 0 aromatic heterocycles. The zero-order valence-electron chi connectivity index (χ0n) is 4.69. The summed E-state index contributed by atoms with van der Waals surface area (Å²) in [7, 11) is 0. The quantitative estimate of drug-likeness (QED) is 0.742. The van der Waals surface area contributed by atoms with E-state index in [1.807, 2.05) is 0 Å². The zero-order valence-corrected chi connectivity index (χ0v) is 6.54. The second-order valence-corrected chi connectivity index (χ2v) is 2.50. The third kappa shape index (κ3) is 7.21. The maximum atomic E-state index is 4.77. The third-order valence-electron chi connectivity index (χ3n) is 0.754. The van der Waals surface area contributed by atoms with Crippen molar-refractivity contribution in [1.82, 2.24) is 0 Å². The molecule has 0 aliphatic heterocycles. The van der Waals surface area contributed by atoms with Gasteiger partial charge in [0.2, 0.25) is 0 Å². The molecule has 0 saturated carbocycles. The van der Waals surface area contributed by atoms with Gasteiger partial charge < -0.3 is 0 Å². The molecule has 0 aromatic carbocycles. The van der Waals surface area contributed by atoms with E-state index >= 15 is 0 Å². The van der Waals surface area contributed by atoms with Crippen LogP contribution in [0, 0.1) is 41.8 Å². The van der Waals surface area contributed by atoms with Crippen molar-refractivity contribution in [2.45, 2.75) is 20.3 Å². The molecule has 2 heteroatoms. The number of rotatable bonds is 3. The van der Waals surface area contributed by atoms with E-state index < -0.39 is 0 Å². The van der Waals surface area contributed by atoms with Gasteiger partial charge in [0.25, 0.3) is 0 Å². The van der Waals surface area contributed by atoms with Crippen LogP contribution in [0.2, 0.25) is 0 Å². The van der Waals surface area contributed by atoms with Crippen LogP contribution in [0.4, 0.5) is 0 Å². The summed E-state index contributed by atoms with van der Waals surface area (Å²) in [6.07, 6.45) is 1.16. The predicted molar refractivity (Wildman–Crippen MR) is 25.4 cm³/mol. The number of hydrogen-bond acceptors (Lipinski definition) is 1. The monoisotopic (exact) mass is 253 g/mol. The van der Waals surface area contributed by atoms with Crippen molar-refractivity contribution >= 4 is 0 Å². The summed E-state index contributed by atoms with van der Waals surface area (Å²) in [5.41, 5.74) is 0. The Balaban J connectivity index is 2.68. The Morgan fingerprint density at radius 1 is 1.57 bits per heavy atom. The molecule has 49 valence electrons. The molecule has 0 unspecified atom stereocenters. The molecule has 0 amide bonds. The number of hydrogen-bond donors (Lipinski definition) is 0. The average molecular weight is 254 g/mol. The van der Waals surface area contributed by atoms with Crippen LogP contribution in [0.25, 0.3) is 0 Å². The first kappa shape index (κ1) is 8.21. The summed E-state index contributed by atoms with van der Waals surface area (Å²) >= 11 is 2.24. The maximum absolute atomic E-state index is 4.77. The van der Waals surface area contributed by atoms with Crippen LogP contribution >= 0.6 is 0 Å². The van der Waals surface area contributed by atoms with Crippen LogP contribution in [0.5, 0.6) is 0 Å². The molecule has 0 saturated heterocycles. The normalized spacial score (nSPS) is 10.4. The Kier molecular flexibility index (Phi) is 6.27. The zero-order chi connectivity index (χ0) is 5.70. The molecular formula is C5H11ErO. The van der Waals surface area contributed by atoms with E-state index in [1.165, 1.54) is 0 Å². The summed E-state index contributed by atoms with van der Waals surface area (Å²) in [6.45, 7) is 5.23. The van der Waals surface area contributed by atoms with Crippen LogP contribution in [0.1, 0.15) is 20.3 Å². The van der Waals surface area contributed by atoms with E-state index in [9.17, 15) is 0 Å². The topological polar surface area (TPSA) is 9.23 Å². The van der Waals surface area contributed by atoms with Crippen LogP contribution in [0.3, 0.4) is 0 Å². The summed E-state index contributed by atoms with van der Waals surface area (Å²) < 4.78 is 4.77. The van der Waals surface area contributed by atoms with Crippen LogP contribution < -0.4 is 0 Å². The first-order valence-corrected chi connectivity index (χ1v) is 3.23. The minimum atomic E-state index is 0.764. The van der Waals surface area contributed by atoms with Crippen LogP contribution in [-0.4, -0.2) is 6.61 Å². The molecule has 0 bridgehead atoms. The Morgan fingerprint density at radius 3 is 2.29 bits per heavy atom. The van der Waals surface area contributed by atoms with Gasteiger partial charge in [-0.1, -0.05) is 0 Å². The fourth-order valence-corrected chi connectivity index (χ4v) is 0.488. The van der Waals surface area contributed by atoms with Crippen molar-refractivity contribution in [2.75, 3.05) is 6.61 Å². The molecule has 0 heterocycles. The van der Waals surface area contributed by atoms with Gasteiger partial charge in [-0.05, 0) is 0 Å². The molecule has 0 aliphatic rings. The Morgan fingerprint density at radius 2 is 2.14 bits per heavy atom. The van der Waals surface area contributed by atoms with Gasteiger partial charge in [0.05, 0.1) is 0 Å². The van der Waals surface area contributed by atoms with E-state index in [1.54, 1.807) is 0 Å². The van der Waals surface area contributed by atoms with Gasteiger partial charge in [0.1, 0.15) is 0 Å². The summed E-state index contributed by atoms with van der Waals surface area (Å²) in [5.74, 6) is 0.764. The van der Waals surface area contributed by atoms with Gasteiger partial charge in [0, 0.05) is 0 Å². The van der Waals surface area contributed by atoms with Crippen LogP contribution in [0.15, 0.2) is 0 Å². The van der Waals surface area contributed by atoms with Gasteiger partial charge in [-0.15, -0.1) is 0 Å². The van der Waals surface area contributed by atoms with Crippen molar-refractivity contribution in [3.63, 3.8) is 0 Å². The standard InChI is InChI=1S/C5H11O.Er/c1-5(2)3-4-6;/h5H,3-4H2,1-2H3;/q-1;+1. The molecule has 0 fully saturated rings. The van der Waals surface area contributed by atoms with Crippen molar-refractivity contribution in [3.05, 3.63) is 0 Å². The average Bonchev–Trinajstić information content (AvgIpc) is 1.61. The Labute approximate surface area is 69.7 Å². The molecule has 0 rings (SSSR count). The molecule has 0 radical (unpaired) electrons. The summed E-state index contributed by atoms with van der Waals surface area (Å²) in [5, 5.41) is 0. The van der Waals surface area contributed by atoms with Gasteiger partial charge in [-0.2, -0.15) is 0 Å². The van der Waals surface area contributed by atoms with Crippen molar-refractivity contribution in [2.24, 2.45) is 5.92 Å². The van der Waals surface area contributed by atoms with Crippen LogP contribution in [-0.2, 0) is 1.50 Å². The Bertz CT molecular complexity index is 37.1. The molecule has 0 spiro atoms. The van der Waals surface area contributed by atoms with Gasteiger partial charge in [0.15, 0.2) is 0 Å². The predicted octanol–water partition coefficient (Wildman–Crippen LogP) is 1.51. The third-order valence-corrected chi connectivity index (χ3v) is 1.13. The second-order valence-electron chi connectivity index (χ2n) is 1.97. The molecule has 0 atom stereocenters.